The Morgan fingerprint density at radius 3 is 2.88 bits per heavy atom. The van der Waals surface area contributed by atoms with E-state index in [9.17, 15) is 13.6 Å². The zero-order chi connectivity index (χ0) is 12.1. The van der Waals surface area contributed by atoms with Gasteiger partial charge in [0.1, 0.15) is 0 Å². The van der Waals surface area contributed by atoms with Crippen LogP contribution in [0.15, 0.2) is 12.3 Å². The van der Waals surface area contributed by atoms with Gasteiger partial charge in [-0.3, -0.25) is 9.78 Å². The lowest BCUT2D eigenvalue weighted by Crippen LogP contribution is -2.11. The molecule has 0 N–H and O–H groups in total. The second-order valence-electron chi connectivity index (χ2n) is 2.94. The molecule has 0 spiro atoms. The smallest absolute Gasteiger partial charge is 0.311 e. The maximum atomic E-state index is 12.5. The minimum atomic E-state index is -2.56. The third-order valence-corrected chi connectivity index (χ3v) is 3.09. The number of hydrogen-bond donors (Lipinski definition) is 0. The van der Waals surface area contributed by atoms with Crippen molar-refractivity contribution in [1.29, 1.82) is 0 Å². The van der Waals surface area contributed by atoms with Crippen molar-refractivity contribution in [2.75, 3.05) is 6.61 Å². The number of ether oxygens (including phenoxy) is 1. The van der Waals surface area contributed by atoms with Gasteiger partial charge >= 0.3 is 5.97 Å². The first-order valence-corrected chi connectivity index (χ1v) is 5.71. The molecule has 0 aromatic carbocycles. The average Bonchev–Trinajstić information content (AvgIpc) is 2.21. The van der Waals surface area contributed by atoms with Gasteiger partial charge in [0.05, 0.1) is 18.7 Å². The summed E-state index contributed by atoms with van der Waals surface area (Å²) in [6.45, 7) is 1.95. The van der Waals surface area contributed by atoms with Crippen LogP contribution in [0.3, 0.4) is 0 Å². The minimum absolute atomic E-state index is 0.0767. The van der Waals surface area contributed by atoms with Gasteiger partial charge in [-0.1, -0.05) is 0 Å². The van der Waals surface area contributed by atoms with Crippen LogP contribution in [0, 0.1) is 3.57 Å². The Morgan fingerprint density at radius 2 is 2.31 bits per heavy atom. The SMILES string of the molecule is CCOC(=O)Cc1nccc(C(F)F)c1I. The normalized spacial score (nSPS) is 10.6. The van der Waals surface area contributed by atoms with Crippen molar-refractivity contribution < 1.29 is 18.3 Å². The molecule has 1 aromatic rings. The van der Waals surface area contributed by atoms with E-state index in [0.717, 1.165) is 0 Å². The molecule has 0 atom stereocenters. The Labute approximate surface area is 105 Å². The molecule has 0 amide bonds. The van der Waals surface area contributed by atoms with Gasteiger partial charge in [-0.25, -0.2) is 8.78 Å². The van der Waals surface area contributed by atoms with E-state index < -0.39 is 12.4 Å². The van der Waals surface area contributed by atoms with Crippen LogP contribution in [0.1, 0.15) is 24.6 Å². The van der Waals surface area contributed by atoms with Crippen LogP contribution in [0.25, 0.3) is 0 Å². The molecule has 0 saturated carbocycles. The highest BCUT2D eigenvalue weighted by Crippen LogP contribution is 2.25. The zero-order valence-corrected chi connectivity index (χ0v) is 10.7. The van der Waals surface area contributed by atoms with Crippen LogP contribution in [0.2, 0.25) is 0 Å². The highest BCUT2D eigenvalue weighted by molar-refractivity contribution is 14.1. The van der Waals surface area contributed by atoms with Crippen molar-refractivity contribution in [2.24, 2.45) is 0 Å². The average molecular weight is 341 g/mol. The van der Waals surface area contributed by atoms with Crippen molar-refractivity contribution in [2.45, 2.75) is 19.8 Å². The third-order valence-electron chi connectivity index (χ3n) is 1.84. The fraction of sp³-hybridized carbons (Fsp3) is 0.400. The van der Waals surface area contributed by atoms with Crippen molar-refractivity contribution in [1.82, 2.24) is 4.98 Å². The molecule has 16 heavy (non-hydrogen) atoms. The second-order valence-corrected chi connectivity index (χ2v) is 4.02. The highest BCUT2D eigenvalue weighted by Gasteiger charge is 2.17. The number of hydrogen-bond acceptors (Lipinski definition) is 3. The summed E-state index contributed by atoms with van der Waals surface area (Å²) in [5, 5.41) is 0. The summed E-state index contributed by atoms with van der Waals surface area (Å²) in [5.74, 6) is -0.459. The molecular weight excluding hydrogens is 331 g/mol. The van der Waals surface area contributed by atoms with Gasteiger partial charge in [-0.05, 0) is 35.6 Å². The molecule has 0 aliphatic heterocycles. The standard InChI is InChI=1S/C10H10F2INO2/c1-2-16-8(15)5-7-9(13)6(10(11)12)3-4-14-7/h3-4,10H,2,5H2,1H3. The van der Waals surface area contributed by atoms with Crippen LogP contribution in [-0.2, 0) is 16.0 Å². The summed E-state index contributed by atoms with van der Waals surface area (Å²) in [4.78, 5) is 15.1. The van der Waals surface area contributed by atoms with E-state index in [1.807, 2.05) is 0 Å². The quantitative estimate of drug-likeness (QED) is 0.625. The van der Waals surface area contributed by atoms with E-state index in [1.54, 1.807) is 29.5 Å². The molecule has 0 bridgehead atoms. The lowest BCUT2D eigenvalue weighted by molar-refractivity contribution is -0.142. The van der Waals surface area contributed by atoms with Gasteiger partial charge in [0, 0.05) is 15.3 Å². The summed E-state index contributed by atoms with van der Waals surface area (Å²) in [6.07, 6.45) is -1.36. The van der Waals surface area contributed by atoms with Gasteiger partial charge in [0.25, 0.3) is 6.43 Å². The lowest BCUT2D eigenvalue weighted by Gasteiger charge is -2.07. The number of nitrogens with zero attached hydrogens (tertiary/aromatic N) is 1. The fourth-order valence-corrected chi connectivity index (χ4v) is 1.89. The Hall–Kier alpha value is -0.790. The van der Waals surface area contributed by atoms with Crippen LogP contribution < -0.4 is 0 Å². The van der Waals surface area contributed by atoms with Gasteiger partial charge < -0.3 is 4.74 Å². The minimum Gasteiger partial charge on any atom is -0.466 e. The molecular formula is C10H10F2INO2. The van der Waals surface area contributed by atoms with E-state index in [2.05, 4.69) is 4.98 Å². The number of aromatic nitrogens is 1. The van der Waals surface area contributed by atoms with Crippen LogP contribution in [0.5, 0.6) is 0 Å². The van der Waals surface area contributed by atoms with E-state index in [-0.39, 0.29) is 18.6 Å². The van der Waals surface area contributed by atoms with Gasteiger partial charge in [-0.2, -0.15) is 0 Å². The number of carbonyl (C=O) groups excluding carboxylic acids is 1. The van der Waals surface area contributed by atoms with E-state index >= 15 is 0 Å². The number of halogens is 3. The number of esters is 1. The molecule has 0 unspecified atom stereocenters. The summed E-state index contributed by atoms with van der Waals surface area (Å²) >= 11 is 1.77. The molecule has 1 aromatic heterocycles. The Kier molecular flexibility index (Phi) is 5.04. The van der Waals surface area contributed by atoms with Crippen molar-refractivity contribution >= 4 is 28.6 Å². The second kappa shape index (κ2) is 6.07. The lowest BCUT2D eigenvalue weighted by atomic mass is 10.2. The predicted molar refractivity (Wildman–Crippen MR) is 62.2 cm³/mol. The number of alkyl halides is 2. The summed E-state index contributed by atoms with van der Waals surface area (Å²) < 4.78 is 30.1. The first-order chi connectivity index (χ1) is 7.56. The first kappa shape index (κ1) is 13.3. The number of pyridine rings is 1. The summed E-state index contributed by atoms with van der Waals surface area (Å²) in [5.41, 5.74) is 0.228. The fourth-order valence-electron chi connectivity index (χ4n) is 1.14. The summed E-state index contributed by atoms with van der Waals surface area (Å²) in [7, 11) is 0. The van der Waals surface area contributed by atoms with Crippen molar-refractivity contribution in [3.8, 4) is 0 Å². The monoisotopic (exact) mass is 341 g/mol. The van der Waals surface area contributed by atoms with Crippen molar-refractivity contribution in [3.05, 3.63) is 27.1 Å². The first-order valence-electron chi connectivity index (χ1n) is 4.63. The molecule has 0 fully saturated rings. The zero-order valence-electron chi connectivity index (χ0n) is 8.54. The molecule has 0 aliphatic carbocycles. The number of carbonyl (C=O) groups is 1. The van der Waals surface area contributed by atoms with Crippen molar-refractivity contribution in [3.63, 3.8) is 0 Å². The molecule has 0 aliphatic rings. The predicted octanol–water partition coefficient (Wildman–Crippen LogP) is 2.73. The molecule has 3 nitrogen and oxygen atoms in total. The van der Waals surface area contributed by atoms with Crippen LogP contribution in [-0.4, -0.2) is 17.6 Å². The number of rotatable bonds is 4. The highest BCUT2D eigenvalue weighted by atomic mass is 127. The van der Waals surface area contributed by atoms with Crippen LogP contribution >= 0.6 is 22.6 Å². The Morgan fingerprint density at radius 1 is 1.62 bits per heavy atom. The molecule has 6 heteroatoms. The molecule has 88 valence electrons. The molecule has 0 saturated heterocycles. The van der Waals surface area contributed by atoms with E-state index in [0.29, 0.717) is 9.26 Å². The third kappa shape index (κ3) is 3.36. The molecule has 1 heterocycles. The van der Waals surface area contributed by atoms with Gasteiger partial charge in [0.15, 0.2) is 0 Å². The topological polar surface area (TPSA) is 39.2 Å². The van der Waals surface area contributed by atoms with E-state index in [4.69, 9.17) is 4.74 Å². The molecule has 0 radical (unpaired) electrons. The van der Waals surface area contributed by atoms with Crippen LogP contribution in [0.4, 0.5) is 8.78 Å². The largest absolute Gasteiger partial charge is 0.466 e. The van der Waals surface area contributed by atoms with Gasteiger partial charge in [-0.15, -0.1) is 0 Å². The maximum absolute atomic E-state index is 12.5. The maximum Gasteiger partial charge on any atom is 0.311 e. The molecule has 1 rings (SSSR count). The summed E-state index contributed by atoms with van der Waals surface area (Å²) in [6, 6.07) is 1.25. The Bertz CT molecular complexity index is 385. The van der Waals surface area contributed by atoms with Gasteiger partial charge in [0.2, 0.25) is 0 Å². The Balaban J connectivity index is 2.89. The van der Waals surface area contributed by atoms with E-state index in [1.165, 1.54) is 12.3 Å².